The fraction of sp³-hybridized carbons (Fsp3) is 0.375. The molecule has 1 unspecified atom stereocenters. The second-order valence-corrected chi connectivity index (χ2v) is 10.5. The molecule has 3 amide bonds. The number of benzene rings is 2. The molecule has 0 radical (unpaired) electrons. The van der Waals surface area contributed by atoms with E-state index in [9.17, 15) is 22.8 Å². The van der Waals surface area contributed by atoms with Crippen LogP contribution in [0.4, 0.5) is 0 Å². The topological polar surface area (TPSA) is 134 Å². The summed E-state index contributed by atoms with van der Waals surface area (Å²) in [5, 5.41) is 2.69. The molecule has 3 N–H and O–H groups in total. The summed E-state index contributed by atoms with van der Waals surface area (Å²) >= 11 is 0. The van der Waals surface area contributed by atoms with Crippen LogP contribution in [-0.4, -0.2) is 62.8 Å². The van der Waals surface area contributed by atoms with Crippen LogP contribution >= 0.6 is 0 Å². The molecule has 0 saturated carbocycles. The molecule has 0 aliphatic carbocycles. The Morgan fingerprint density at radius 1 is 0.914 bits per heavy atom. The number of sulfonamides is 1. The first kappa shape index (κ1) is 26.3. The molecular formula is C24H30N4O6S. The molecule has 1 aliphatic heterocycles. The van der Waals surface area contributed by atoms with E-state index in [0.717, 1.165) is 5.56 Å². The molecule has 1 saturated heterocycles. The van der Waals surface area contributed by atoms with Crippen LogP contribution in [0, 0.1) is 12.8 Å². The fourth-order valence-corrected chi connectivity index (χ4v) is 5.00. The number of carbonyl (C=O) groups is 3. The van der Waals surface area contributed by atoms with Gasteiger partial charge in [0, 0.05) is 24.2 Å². The van der Waals surface area contributed by atoms with Crippen LogP contribution in [0.3, 0.4) is 0 Å². The number of rotatable bonds is 7. The monoisotopic (exact) mass is 502 g/mol. The van der Waals surface area contributed by atoms with Crippen LogP contribution in [-0.2, 0) is 19.6 Å². The Morgan fingerprint density at radius 2 is 1.54 bits per heavy atom. The smallest absolute Gasteiger partial charge is 0.269 e. The SMILES string of the molecule is Cc1cccc(C(=O)NC(C(=O)NNC(=O)c2cccc(S(=O)(=O)N3CCOCC3)c2)C(C)C)c1. The summed E-state index contributed by atoms with van der Waals surface area (Å²) in [6, 6.07) is 11.6. The van der Waals surface area contributed by atoms with E-state index in [1.165, 1.54) is 28.6 Å². The summed E-state index contributed by atoms with van der Waals surface area (Å²) in [5.74, 6) is -1.96. The van der Waals surface area contributed by atoms with E-state index >= 15 is 0 Å². The minimum atomic E-state index is -3.78. The lowest BCUT2D eigenvalue weighted by atomic mass is 10.0. The van der Waals surface area contributed by atoms with E-state index in [-0.39, 0.29) is 29.5 Å². The lowest BCUT2D eigenvalue weighted by Crippen LogP contribution is -2.54. The average molecular weight is 503 g/mol. The lowest BCUT2D eigenvalue weighted by molar-refractivity contribution is -0.124. The van der Waals surface area contributed by atoms with Crippen molar-refractivity contribution in [3.63, 3.8) is 0 Å². The maximum absolute atomic E-state index is 12.9. The summed E-state index contributed by atoms with van der Waals surface area (Å²) in [6.07, 6.45) is 0. The molecule has 1 aliphatic rings. The molecule has 10 nitrogen and oxygen atoms in total. The summed E-state index contributed by atoms with van der Waals surface area (Å²) in [7, 11) is -3.78. The second-order valence-electron chi connectivity index (χ2n) is 8.55. The summed E-state index contributed by atoms with van der Waals surface area (Å²) in [6.45, 7) is 6.48. The summed E-state index contributed by atoms with van der Waals surface area (Å²) in [5.41, 5.74) is 6.01. The van der Waals surface area contributed by atoms with Gasteiger partial charge in [-0.15, -0.1) is 0 Å². The number of hydrogen-bond donors (Lipinski definition) is 3. The molecule has 1 heterocycles. The van der Waals surface area contributed by atoms with Gasteiger partial charge in [-0.3, -0.25) is 25.2 Å². The molecule has 2 aromatic carbocycles. The Bertz CT molecular complexity index is 1190. The Labute approximate surface area is 205 Å². The maximum atomic E-state index is 12.9. The fourth-order valence-electron chi connectivity index (χ4n) is 3.55. The Hall–Kier alpha value is -3.28. The van der Waals surface area contributed by atoms with E-state index in [1.807, 2.05) is 13.0 Å². The Kier molecular flexibility index (Phi) is 8.60. The van der Waals surface area contributed by atoms with Gasteiger partial charge in [-0.25, -0.2) is 8.42 Å². The molecule has 0 aromatic heterocycles. The van der Waals surface area contributed by atoms with Gasteiger partial charge >= 0.3 is 0 Å². The molecule has 1 atom stereocenters. The Morgan fingerprint density at radius 3 is 2.17 bits per heavy atom. The number of hydrogen-bond acceptors (Lipinski definition) is 6. The van der Waals surface area contributed by atoms with E-state index in [2.05, 4.69) is 16.2 Å². The quantitative estimate of drug-likeness (QED) is 0.488. The highest BCUT2D eigenvalue weighted by Gasteiger charge is 2.28. The van der Waals surface area contributed by atoms with Crippen LogP contribution in [0.1, 0.15) is 40.1 Å². The third kappa shape index (κ3) is 6.65. The third-order valence-corrected chi connectivity index (χ3v) is 7.41. The van der Waals surface area contributed by atoms with Gasteiger partial charge in [-0.2, -0.15) is 4.31 Å². The van der Waals surface area contributed by atoms with Crippen molar-refractivity contribution >= 4 is 27.7 Å². The number of nitrogens with zero attached hydrogens (tertiary/aromatic N) is 1. The van der Waals surface area contributed by atoms with Crippen LogP contribution in [0.5, 0.6) is 0 Å². The number of aryl methyl sites for hydroxylation is 1. The van der Waals surface area contributed by atoms with Gasteiger partial charge in [0.15, 0.2) is 0 Å². The van der Waals surface area contributed by atoms with Crippen molar-refractivity contribution in [1.29, 1.82) is 0 Å². The molecule has 11 heteroatoms. The molecule has 0 spiro atoms. The number of amides is 3. The molecule has 0 bridgehead atoms. The highest BCUT2D eigenvalue weighted by Crippen LogP contribution is 2.18. The van der Waals surface area contributed by atoms with Crippen LogP contribution in [0.15, 0.2) is 53.4 Å². The molecule has 3 rings (SSSR count). The van der Waals surface area contributed by atoms with Crippen molar-refractivity contribution < 1.29 is 27.5 Å². The van der Waals surface area contributed by atoms with E-state index in [0.29, 0.717) is 18.8 Å². The van der Waals surface area contributed by atoms with Crippen molar-refractivity contribution in [1.82, 2.24) is 20.5 Å². The Balaban J connectivity index is 1.65. The van der Waals surface area contributed by atoms with Gasteiger partial charge in [0.2, 0.25) is 10.0 Å². The lowest BCUT2D eigenvalue weighted by Gasteiger charge is -2.26. The maximum Gasteiger partial charge on any atom is 0.269 e. The minimum absolute atomic E-state index is 0.0242. The minimum Gasteiger partial charge on any atom is -0.379 e. The molecule has 1 fully saturated rings. The number of carbonyl (C=O) groups excluding carboxylic acids is 3. The molecule has 2 aromatic rings. The normalized spacial score (nSPS) is 15.3. The zero-order chi connectivity index (χ0) is 25.6. The van der Waals surface area contributed by atoms with Crippen molar-refractivity contribution in [3.8, 4) is 0 Å². The number of morpholine rings is 1. The second kappa shape index (κ2) is 11.4. The number of ether oxygens (including phenoxy) is 1. The van der Waals surface area contributed by atoms with Gasteiger partial charge in [0.25, 0.3) is 17.7 Å². The zero-order valence-electron chi connectivity index (χ0n) is 19.9. The largest absolute Gasteiger partial charge is 0.379 e. The highest BCUT2D eigenvalue weighted by atomic mass is 32.2. The van der Waals surface area contributed by atoms with Gasteiger partial charge in [-0.05, 0) is 43.2 Å². The van der Waals surface area contributed by atoms with Gasteiger partial charge in [0.05, 0.1) is 18.1 Å². The van der Waals surface area contributed by atoms with Crippen molar-refractivity contribution in [2.45, 2.75) is 31.7 Å². The van der Waals surface area contributed by atoms with Gasteiger partial charge in [0.1, 0.15) is 6.04 Å². The molecule has 188 valence electrons. The first-order chi connectivity index (χ1) is 16.6. The first-order valence-corrected chi connectivity index (χ1v) is 12.7. The van der Waals surface area contributed by atoms with Crippen LogP contribution in [0.25, 0.3) is 0 Å². The number of nitrogens with one attached hydrogen (secondary N) is 3. The zero-order valence-corrected chi connectivity index (χ0v) is 20.7. The summed E-state index contributed by atoms with van der Waals surface area (Å²) < 4.78 is 32.2. The number of hydrazine groups is 1. The van der Waals surface area contributed by atoms with Crippen molar-refractivity contribution in [2.75, 3.05) is 26.3 Å². The van der Waals surface area contributed by atoms with Gasteiger partial charge < -0.3 is 10.1 Å². The highest BCUT2D eigenvalue weighted by molar-refractivity contribution is 7.89. The van der Waals surface area contributed by atoms with Crippen LogP contribution in [0.2, 0.25) is 0 Å². The third-order valence-electron chi connectivity index (χ3n) is 5.52. The standard InChI is InChI=1S/C24H30N4O6S/c1-16(2)21(25-22(29)18-7-4-6-17(3)14-18)24(31)27-26-23(30)19-8-5-9-20(15-19)35(32,33)28-10-12-34-13-11-28/h4-9,14-16,21H,10-13H2,1-3H3,(H,25,29)(H,26,30)(H,27,31). The molecule has 35 heavy (non-hydrogen) atoms. The van der Waals surface area contributed by atoms with E-state index < -0.39 is 33.8 Å². The predicted octanol–water partition coefficient (Wildman–Crippen LogP) is 1.23. The van der Waals surface area contributed by atoms with Crippen LogP contribution < -0.4 is 16.2 Å². The van der Waals surface area contributed by atoms with E-state index in [1.54, 1.807) is 32.0 Å². The van der Waals surface area contributed by atoms with Gasteiger partial charge in [-0.1, -0.05) is 37.6 Å². The van der Waals surface area contributed by atoms with E-state index in [4.69, 9.17) is 4.74 Å². The van der Waals surface area contributed by atoms with Crippen molar-refractivity contribution in [3.05, 3.63) is 65.2 Å². The first-order valence-electron chi connectivity index (χ1n) is 11.3. The predicted molar refractivity (Wildman–Crippen MR) is 129 cm³/mol. The average Bonchev–Trinajstić information content (AvgIpc) is 2.85. The van der Waals surface area contributed by atoms with Crippen molar-refractivity contribution in [2.24, 2.45) is 5.92 Å². The molecular weight excluding hydrogens is 472 g/mol. The summed E-state index contributed by atoms with van der Waals surface area (Å²) in [4.78, 5) is 37.9.